The van der Waals surface area contributed by atoms with Crippen LogP contribution in [0.25, 0.3) is 0 Å². The number of benzene rings is 1. The summed E-state index contributed by atoms with van der Waals surface area (Å²) in [6.45, 7) is 3.99. The lowest BCUT2D eigenvalue weighted by Crippen LogP contribution is -2.50. The Morgan fingerprint density at radius 1 is 1.14 bits per heavy atom. The summed E-state index contributed by atoms with van der Waals surface area (Å²) in [6.07, 6.45) is 3.51. The third-order valence-corrected chi connectivity index (χ3v) is 5.80. The smallest absolute Gasteiger partial charge is 0.338 e. The number of carbonyl (C=O) groups excluding carboxylic acids is 4. The van der Waals surface area contributed by atoms with E-state index in [9.17, 15) is 19.2 Å². The van der Waals surface area contributed by atoms with Gasteiger partial charge in [0.15, 0.2) is 6.61 Å². The van der Waals surface area contributed by atoms with Gasteiger partial charge in [0.25, 0.3) is 5.91 Å². The molecule has 3 amide bonds. The lowest BCUT2D eigenvalue weighted by molar-refractivity contribution is -0.130. The minimum atomic E-state index is -0.620. The molecule has 1 saturated carbocycles. The molecule has 0 aromatic heterocycles. The van der Waals surface area contributed by atoms with E-state index < -0.39 is 5.97 Å². The highest BCUT2D eigenvalue weighted by Gasteiger charge is 2.28. The number of nitrogens with zero attached hydrogens (tertiary/aromatic N) is 1. The van der Waals surface area contributed by atoms with Crippen molar-refractivity contribution in [2.45, 2.75) is 52.0 Å². The van der Waals surface area contributed by atoms with Crippen molar-refractivity contribution in [1.29, 1.82) is 0 Å². The van der Waals surface area contributed by atoms with Crippen LogP contribution < -0.4 is 15.8 Å². The van der Waals surface area contributed by atoms with Gasteiger partial charge in [0, 0.05) is 18.9 Å². The first-order valence-corrected chi connectivity index (χ1v) is 10.0. The first-order chi connectivity index (χ1) is 13.8. The van der Waals surface area contributed by atoms with E-state index in [1.807, 2.05) is 0 Å². The molecule has 1 saturated heterocycles. The molecule has 8 heteroatoms. The lowest BCUT2D eigenvalue weighted by atomic mass is 9.78. The van der Waals surface area contributed by atoms with Crippen molar-refractivity contribution < 1.29 is 23.9 Å². The molecule has 1 aliphatic heterocycles. The molecule has 2 aliphatic rings. The van der Waals surface area contributed by atoms with Crippen LogP contribution in [0, 0.1) is 11.8 Å². The summed E-state index contributed by atoms with van der Waals surface area (Å²) < 4.78 is 5.12. The van der Waals surface area contributed by atoms with Crippen molar-refractivity contribution in [3.8, 4) is 0 Å². The number of rotatable bonds is 5. The highest BCUT2D eigenvalue weighted by Crippen LogP contribution is 2.29. The Bertz CT molecular complexity index is 792. The second kappa shape index (κ2) is 9.07. The highest BCUT2D eigenvalue weighted by atomic mass is 16.5. The molecule has 2 N–H and O–H groups in total. The average Bonchev–Trinajstić information content (AvgIpc) is 2.71. The Kier molecular flexibility index (Phi) is 6.51. The molecule has 0 bridgehead atoms. The SMILES string of the molecule is CC1CCCC(NC(=O)COC(=O)c2ccc(N3NC(=O)CCC3=O)cc2)C1C. The van der Waals surface area contributed by atoms with Crippen molar-refractivity contribution in [1.82, 2.24) is 10.7 Å². The normalized spacial score (nSPS) is 24.6. The molecule has 2 fully saturated rings. The molecular weight excluding hydrogens is 374 g/mol. The van der Waals surface area contributed by atoms with Gasteiger partial charge < -0.3 is 10.1 Å². The predicted octanol–water partition coefficient (Wildman–Crippen LogP) is 1.94. The van der Waals surface area contributed by atoms with Crippen molar-refractivity contribution in [3.05, 3.63) is 29.8 Å². The lowest BCUT2D eigenvalue weighted by Gasteiger charge is -2.34. The van der Waals surface area contributed by atoms with Gasteiger partial charge in [0.05, 0.1) is 11.3 Å². The standard InChI is InChI=1S/C21H27N3O5/c1-13-4-3-5-17(14(13)2)22-19(26)12-29-21(28)15-6-8-16(9-7-15)24-20(27)11-10-18(25)23-24/h6-9,13-14,17H,3-5,10-12H2,1-2H3,(H,22,26)(H,23,25). The maximum atomic E-state index is 12.2. The Morgan fingerprint density at radius 3 is 2.59 bits per heavy atom. The molecule has 8 nitrogen and oxygen atoms in total. The van der Waals surface area contributed by atoms with E-state index in [2.05, 4.69) is 24.6 Å². The first kappa shape index (κ1) is 20.8. The summed E-state index contributed by atoms with van der Waals surface area (Å²) in [7, 11) is 0. The third kappa shape index (κ3) is 5.13. The predicted molar refractivity (Wildman–Crippen MR) is 106 cm³/mol. The molecule has 0 radical (unpaired) electrons. The summed E-state index contributed by atoms with van der Waals surface area (Å²) in [4.78, 5) is 47.8. The minimum Gasteiger partial charge on any atom is -0.452 e. The number of hydrogen-bond donors (Lipinski definition) is 2. The molecular formula is C21H27N3O5. The number of carbonyl (C=O) groups is 4. The summed E-state index contributed by atoms with van der Waals surface area (Å²) >= 11 is 0. The van der Waals surface area contributed by atoms with Crippen LogP contribution in [0.3, 0.4) is 0 Å². The minimum absolute atomic E-state index is 0.113. The Labute approximate surface area is 169 Å². The quantitative estimate of drug-likeness (QED) is 0.734. The second-order valence-corrected chi connectivity index (χ2v) is 7.83. The summed E-state index contributed by atoms with van der Waals surface area (Å²) in [5, 5.41) is 4.13. The first-order valence-electron chi connectivity index (χ1n) is 10.0. The number of ether oxygens (including phenoxy) is 1. The zero-order valence-electron chi connectivity index (χ0n) is 16.8. The van der Waals surface area contributed by atoms with Crippen molar-refractivity contribution in [3.63, 3.8) is 0 Å². The molecule has 3 unspecified atom stereocenters. The maximum Gasteiger partial charge on any atom is 0.338 e. The monoisotopic (exact) mass is 401 g/mol. The van der Waals surface area contributed by atoms with E-state index in [-0.39, 0.29) is 48.8 Å². The molecule has 1 aliphatic carbocycles. The molecule has 1 heterocycles. The van der Waals surface area contributed by atoms with Gasteiger partial charge in [-0.15, -0.1) is 0 Å². The fourth-order valence-electron chi connectivity index (χ4n) is 3.78. The van der Waals surface area contributed by atoms with Crippen molar-refractivity contribution in [2.75, 3.05) is 11.6 Å². The summed E-state index contributed by atoms with van der Waals surface area (Å²) in [5.41, 5.74) is 3.21. The molecule has 1 aromatic carbocycles. The van der Waals surface area contributed by atoms with Gasteiger partial charge in [-0.2, -0.15) is 0 Å². The van der Waals surface area contributed by atoms with Gasteiger partial charge in [0.2, 0.25) is 11.8 Å². The number of esters is 1. The Balaban J connectivity index is 1.51. The van der Waals surface area contributed by atoms with Crippen LogP contribution in [0.4, 0.5) is 5.69 Å². The Hall–Kier alpha value is -2.90. The zero-order chi connectivity index (χ0) is 21.0. The van der Waals surface area contributed by atoms with E-state index in [0.29, 0.717) is 17.5 Å². The number of hydrazine groups is 1. The van der Waals surface area contributed by atoms with Crippen molar-refractivity contribution in [2.24, 2.45) is 11.8 Å². The highest BCUT2D eigenvalue weighted by molar-refractivity contribution is 6.01. The largest absolute Gasteiger partial charge is 0.452 e. The van der Waals surface area contributed by atoms with Gasteiger partial charge in [-0.1, -0.05) is 26.7 Å². The second-order valence-electron chi connectivity index (χ2n) is 7.83. The van der Waals surface area contributed by atoms with Crippen LogP contribution in [0.2, 0.25) is 0 Å². The molecule has 156 valence electrons. The number of amides is 3. The molecule has 29 heavy (non-hydrogen) atoms. The summed E-state index contributed by atoms with van der Waals surface area (Å²) in [6, 6.07) is 6.20. The van der Waals surface area contributed by atoms with Gasteiger partial charge >= 0.3 is 5.97 Å². The van der Waals surface area contributed by atoms with Crippen LogP contribution in [-0.2, 0) is 19.1 Å². The molecule has 0 spiro atoms. The van der Waals surface area contributed by atoms with Crippen LogP contribution in [0.15, 0.2) is 24.3 Å². The topological polar surface area (TPSA) is 105 Å². The van der Waals surface area contributed by atoms with Crippen molar-refractivity contribution >= 4 is 29.4 Å². The van der Waals surface area contributed by atoms with Gasteiger partial charge in [-0.05, 0) is 42.5 Å². The number of hydrogen-bond acceptors (Lipinski definition) is 5. The van der Waals surface area contributed by atoms with E-state index in [1.54, 1.807) is 12.1 Å². The fourth-order valence-corrected chi connectivity index (χ4v) is 3.78. The molecule has 1 aromatic rings. The summed E-state index contributed by atoms with van der Waals surface area (Å²) in [5.74, 6) is -0.419. The van der Waals surface area contributed by atoms with Crippen LogP contribution in [-0.4, -0.2) is 36.3 Å². The average molecular weight is 401 g/mol. The number of anilines is 1. The zero-order valence-corrected chi connectivity index (χ0v) is 16.8. The van der Waals surface area contributed by atoms with E-state index in [4.69, 9.17) is 4.74 Å². The van der Waals surface area contributed by atoms with Crippen LogP contribution in [0.5, 0.6) is 0 Å². The van der Waals surface area contributed by atoms with Crippen LogP contribution in [0.1, 0.15) is 56.3 Å². The van der Waals surface area contributed by atoms with Crippen LogP contribution >= 0.6 is 0 Å². The van der Waals surface area contributed by atoms with E-state index in [0.717, 1.165) is 12.8 Å². The third-order valence-electron chi connectivity index (χ3n) is 5.80. The van der Waals surface area contributed by atoms with Gasteiger partial charge in [-0.25, -0.2) is 9.80 Å². The molecule has 3 rings (SSSR count). The Morgan fingerprint density at radius 2 is 1.86 bits per heavy atom. The molecule has 3 atom stereocenters. The van der Waals surface area contributed by atoms with Gasteiger partial charge in [0.1, 0.15) is 0 Å². The van der Waals surface area contributed by atoms with E-state index >= 15 is 0 Å². The fraction of sp³-hybridized carbons (Fsp3) is 0.524. The number of nitrogens with one attached hydrogen (secondary N) is 2. The van der Waals surface area contributed by atoms with E-state index in [1.165, 1.54) is 23.6 Å². The van der Waals surface area contributed by atoms with Gasteiger partial charge in [-0.3, -0.25) is 19.8 Å². The maximum absolute atomic E-state index is 12.2.